The molecule has 0 heterocycles. The summed E-state index contributed by atoms with van der Waals surface area (Å²) in [7, 11) is -14.4. The maximum atomic E-state index is 13.2. The molecule has 0 bridgehead atoms. The van der Waals surface area contributed by atoms with Gasteiger partial charge in [-0.3, -0.25) is 24.6 Å². The van der Waals surface area contributed by atoms with Gasteiger partial charge < -0.3 is 9.11 Å². The van der Waals surface area contributed by atoms with E-state index in [-0.39, 0.29) is 80.5 Å². The first-order chi connectivity index (χ1) is 18.1. The molecule has 0 amide bonds. The van der Waals surface area contributed by atoms with E-state index < -0.39 is 79.6 Å². The third-order valence-electron chi connectivity index (χ3n) is 5.51. The molecule has 4 rings (SSSR count). The average Bonchev–Trinajstić information content (AvgIpc) is 2.85. The van der Waals surface area contributed by atoms with Crippen molar-refractivity contribution in [3.05, 3.63) is 96.2 Å². The van der Waals surface area contributed by atoms with Crippen LogP contribution in [0.3, 0.4) is 0 Å². The molecule has 204 valence electrons. The van der Waals surface area contributed by atoms with Gasteiger partial charge in [-0.25, -0.2) is 25.3 Å². The van der Waals surface area contributed by atoms with Crippen molar-refractivity contribution in [3.8, 4) is 0 Å². The van der Waals surface area contributed by atoms with Crippen molar-refractivity contribution in [2.45, 2.75) is 9.79 Å². The topological polar surface area (TPSA) is 240 Å². The van der Waals surface area contributed by atoms with E-state index in [1.165, 1.54) is 36.4 Å². The molecule has 0 saturated carbocycles. The maximum absolute atomic E-state index is 13.2. The van der Waals surface area contributed by atoms with E-state index in [1.807, 2.05) is 0 Å². The minimum atomic E-state index is -5.25. The maximum Gasteiger partial charge on any atom is 1.00 e. The fourth-order valence-corrected chi connectivity index (χ4v) is 5.85. The number of hydrogen-bond donors (Lipinski definition) is 2. The molecular weight excluding hydrogens is 624 g/mol. The molecule has 2 aliphatic carbocycles. The predicted molar refractivity (Wildman–Crippen MR) is 131 cm³/mol. The zero-order valence-corrected chi connectivity index (χ0v) is 27.7. The SMILES string of the molecule is N=c1c(S(=O)(=O)[O-])cc(=NNc2ccc(S(=O)(=O)CCOS(=O)(=O)[O-])cc2)c2c(=O)c3ccccc3c(=O)c1=2.[Na+].[Na+]. The third-order valence-corrected chi connectivity index (χ3v) is 8.52. The van der Waals surface area contributed by atoms with E-state index in [0.717, 1.165) is 12.1 Å². The Morgan fingerprint density at radius 2 is 1.37 bits per heavy atom. The predicted octanol–water partition coefficient (Wildman–Crippen LogP) is -7.27. The van der Waals surface area contributed by atoms with Crippen molar-refractivity contribution in [3.63, 3.8) is 0 Å². The summed E-state index contributed by atoms with van der Waals surface area (Å²) in [5.41, 5.74) is 1.03. The van der Waals surface area contributed by atoms with Gasteiger partial charge in [0, 0.05) is 10.8 Å². The van der Waals surface area contributed by atoms with Crippen molar-refractivity contribution < 1.29 is 97.7 Å². The Morgan fingerprint density at radius 3 is 1.88 bits per heavy atom. The number of sulfone groups is 1. The van der Waals surface area contributed by atoms with Gasteiger partial charge in [0.15, 0.2) is 20.7 Å². The van der Waals surface area contributed by atoms with E-state index >= 15 is 0 Å². The fourth-order valence-electron chi connectivity index (χ4n) is 3.76. The molecule has 0 fully saturated rings. The van der Waals surface area contributed by atoms with Crippen molar-refractivity contribution in [2.24, 2.45) is 5.10 Å². The summed E-state index contributed by atoms with van der Waals surface area (Å²) < 4.78 is 95.4. The van der Waals surface area contributed by atoms with Crippen LogP contribution in [0.1, 0.15) is 0 Å². The van der Waals surface area contributed by atoms with E-state index in [0.29, 0.717) is 6.07 Å². The molecule has 0 unspecified atom stereocenters. The summed E-state index contributed by atoms with van der Waals surface area (Å²) >= 11 is 0. The number of anilines is 1. The second-order valence-electron chi connectivity index (χ2n) is 7.97. The zero-order chi connectivity index (χ0) is 28.8. The summed E-state index contributed by atoms with van der Waals surface area (Å²) in [6, 6.07) is 11.0. The summed E-state index contributed by atoms with van der Waals surface area (Å²) in [6.07, 6.45) is 0. The van der Waals surface area contributed by atoms with Crippen LogP contribution in [0.2, 0.25) is 0 Å². The third kappa shape index (κ3) is 7.75. The Kier molecular flexibility index (Phi) is 11.4. The Hall–Kier alpha value is -1.87. The molecule has 0 atom stereocenters. The Balaban J connectivity index is 0.00000294. The van der Waals surface area contributed by atoms with E-state index in [2.05, 4.69) is 14.7 Å². The standard InChI is InChI=1S/C22H17N3O11S3.2Na/c23-20-17(38(30,31)32)11-16(18-19(20)22(27)15-4-2-1-3-14(15)21(18)26)25-24-12-5-7-13(8-6-12)37(28,29)10-9-36-39(33,34)35;;/h1-8,11,23-24H,9-10H2,(H,30,31,32)(H,33,34,35);;/q;2*+1/p-2. The molecule has 0 aliphatic heterocycles. The second-order valence-corrected chi connectivity index (χ2v) is 12.5. The van der Waals surface area contributed by atoms with Crippen molar-refractivity contribution in [1.82, 2.24) is 0 Å². The number of rotatable bonds is 8. The average molecular weight is 640 g/mol. The van der Waals surface area contributed by atoms with Gasteiger partial charge in [0.05, 0.1) is 49.0 Å². The monoisotopic (exact) mass is 639 g/mol. The summed E-state index contributed by atoms with van der Waals surface area (Å²) in [5.74, 6) is -0.804. The van der Waals surface area contributed by atoms with Crippen LogP contribution in [0.15, 0.2) is 79.1 Å². The van der Waals surface area contributed by atoms with Gasteiger partial charge in [-0.05, 0) is 30.3 Å². The second kappa shape index (κ2) is 13.2. The molecule has 14 nitrogen and oxygen atoms in total. The normalized spacial score (nSPS) is 12.6. The van der Waals surface area contributed by atoms with Crippen molar-refractivity contribution >= 4 is 46.8 Å². The van der Waals surface area contributed by atoms with E-state index in [9.17, 15) is 43.9 Å². The Morgan fingerprint density at radius 1 is 0.829 bits per heavy atom. The molecule has 2 aromatic carbocycles. The van der Waals surface area contributed by atoms with Crippen molar-refractivity contribution in [1.29, 1.82) is 5.41 Å². The Labute approximate surface area is 276 Å². The molecule has 41 heavy (non-hydrogen) atoms. The zero-order valence-electron chi connectivity index (χ0n) is 21.3. The van der Waals surface area contributed by atoms with Crippen LogP contribution in [0.4, 0.5) is 5.69 Å². The van der Waals surface area contributed by atoms with Crippen LogP contribution in [0.5, 0.6) is 0 Å². The van der Waals surface area contributed by atoms with E-state index in [4.69, 9.17) is 5.41 Å². The first-order valence-electron chi connectivity index (χ1n) is 10.6. The molecule has 2 aliphatic rings. The molecule has 0 aromatic heterocycles. The molecular formula is C22H15N3Na2O11S3. The summed E-state index contributed by atoms with van der Waals surface area (Å²) in [5, 5.41) is 9.70. The minimum Gasteiger partial charge on any atom is -0.744 e. The van der Waals surface area contributed by atoms with E-state index in [1.54, 1.807) is 0 Å². The number of nitrogens with zero attached hydrogens (tertiary/aromatic N) is 1. The van der Waals surface area contributed by atoms with Crippen LogP contribution in [-0.2, 0) is 34.5 Å². The van der Waals surface area contributed by atoms with Gasteiger partial charge in [-0.2, -0.15) is 5.10 Å². The van der Waals surface area contributed by atoms with Crippen LogP contribution in [-0.4, -0.2) is 46.7 Å². The summed E-state index contributed by atoms with van der Waals surface area (Å²) in [6.45, 7) is -0.887. The summed E-state index contributed by atoms with van der Waals surface area (Å²) in [4.78, 5) is 25.0. The van der Waals surface area contributed by atoms with Crippen molar-refractivity contribution in [2.75, 3.05) is 17.8 Å². The number of hydrogen-bond acceptors (Lipinski definition) is 14. The van der Waals surface area contributed by atoms with Gasteiger partial charge in [0.2, 0.25) is 10.4 Å². The van der Waals surface area contributed by atoms with Gasteiger partial charge in [0.25, 0.3) is 0 Å². The number of nitrogens with one attached hydrogen (secondary N) is 2. The van der Waals surface area contributed by atoms with Crippen LogP contribution >= 0.6 is 0 Å². The van der Waals surface area contributed by atoms with Crippen LogP contribution in [0, 0.1) is 15.8 Å². The largest absolute Gasteiger partial charge is 1.00 e. The molecule has 2 N–H and O–H groups in total. The first-order valence-corrected chi connectivity index (χ1v) is 15.0. The molecule has 0 spiro atoms. The number of benzene rings is 2. The molecule has 0 saturated heterocycles. The Bertz CT molecular complexity index is 2250. The quantitative estimate of drug-likeness (QED) is 0.0791. The molecule has 0 radical (unpaired) electrons. The van der Waals surface area contributed by atoms with Gasteiger partial charge in [-0.15, -0.1) is 0 Å². The molecule has 19 heteroatoms. The number of fused-ring (bicyclic) bond motifs is 1. The van der Waals surface area contributed by atoms with Gasteiger partial charge in [0.1, 0.15) is 10.1 Å². The van der Waals surface area contributed by atoms with Crippen LogP contribution in [0.25, 0.3) is 10.8 Å². The first kappa shape index (κ1) is 35.3. The van der Waals surface area contributed by atoms with Gasteiger partial charge in [-0.1, -0.05) is 24.3 Å². The molecule has 2 aromatic rings. The minimum absolute atomic E-state index is 0. The van der Waals surface area contributed by atoms with Crippen LogP contribution < -0.4 is 86.1 Å². The van der Waals surface area contributed by atoms with Gasteiger partial charge >= 0.3 is 59.1 Å². The smallest absolute Gasteiger partial charge is 0.744 e. The fraction of sp³-hybridized carbons (Fsp3) is 0.0909.